The van der Waals surface area contributed by atoms with E-state index in [1.807, 2.05) is 6.07 Å². The normalized spacial score (nSPS) is 26.7. The molecule has 5 rings (SSSR count). The van der Waals surface area contributed by atoms with E-state index in [0.29, 0.717) is 11.1 Å². The van der Waals surface area contributed by atoms with E-state index in [-0.39, 0.29) is 24.8 Å². The van der Waals surface area contributed by atoms with Crippen molar-refractivity contribution in [2.45, 2.75) is 37.8 Å². The number of hydrogen-bond acceptors (Lipinski definition) is 8. The lowest BCUT2D eigenvalue weighted by molar-refractivity contribution is -0.136. The van der Waals surface area contributed by atoms with E-state index in [2.05, 4.69) is 20.0 Å². The summed E-state index contributed by atoms with van der Waals surface area (Å²) in [6.07, 6.45) is 2.55. The van der Waals surface area contributed by atoms with E-state index in [1.165, 1.54) is 0 Å². The summed E-state index contributed by atoms with van der Waals surface area (Å²) in [5, 5.41) is 2.24. The molecule has 0 spiro atoms. The molecule has 10 nitrogen and oxygen atoms in total. The molecule has 4 amide bonds. The fourth-order valence-corrected chi connectivity index (χ4v) is 5.55. The Kier molecular flexibility index (Phi) is 6.37. The minimum Gasteiger partial charge on any atom is -0.368 e. The predicted molar refractivity (Wildman–Crippen MR) is 125 cm³/mol. The van der Waals surface area contributed by atoms with Crippen molar-refractivity contribution in [3.05, 3.63) is 29.3 Å². The molecule has 10 heteroatoms. The average molecular weight is 469 g/mol. The van der Waals surface area contributed by atoms with E-state index >= 15 is 0 Å². The molecular formula is C24H32N6O4. The van der Waals surface area contributed by atoms with Crippen LogP contribution in [-0.2, 0) is 9.59 Å². The smallest absolute Gasteiger partial charge is 0.264 e. The number of nitrogens with zero attached hydrogens (tertiary/aromatic N) is 4. The van der Waals surface area contributed by atoms with Crippen molar-refractivity contribution >= 4 is 29.3 Å². The Bertz CT molecular complexity index is 1010. The Morgan fingerprint density at radius 2 is 1.68 bits per heavy atom. The van der Waals surface area contributed by atoms with Crippen molar-refractivity contribution < 1.29 is 19.2 Å². The molecule has 2 unspecified atom stereocenters. The third kappa shape index (κ3) is 4.33. The molecule has 3 saturated heterocycles. The highest BCUT2D eigenvalue weighted by molar-refractivity contribution is 6.25. The van der Waals surface area contributed by atoms with Crippen molar-refractivity contribution in [2.24, 2.45) is 5.73 Å². The highest BCUT2D eigenvalue weighted by Gasteiger charge is 2.46. The number of piperidine rings is 2. The SMILES string of the molecule is NC1CCCN(CCN2CCN(c3cccc4c3C(=O)N(C3CCC(=O)NC3=O)C4=O)CC2)C1. The molecular weight excluding hydrogens is 436 g/mol. The van der Waals surface area contributed by atoms with Gasteiger partial charge in [-0.15, -0.1) is 0 Å². The maximum Gasteiger partial charge on any atom is 0.264 e. The topological polar surface area (TPSA) is 119 Å². The first-order chi connectivity index (χ1) is 16.4. The molecule has 34 heavy (non-hydrogen) atoms. The van der Waals surface area contributed by atoms with Crippen LogP contribution in [0.1, 0.15) is 46.4 Å². The fraction of sp³-hybridized carbons (Fsp3) is 0.583. The molecule has 0 saturated carbocycles. The van der Waals surface area contributed by atoms with Gasteiger partial charge in [-0.1, -0.05) is 6.07 Å². The van der Waals surface area contributed by atoms with Gasteiger partial charge in [-0.3, -0.25) is 34.3 Å². The molecule has 4 heterocycles. The van der Waals surface area contributed by atoms with E-state index < -0.39 is 23.8 Å². The molecule has 3 N–H and O–H groups in total. The van der Waals surface area contributed by atoms with Crippen LogP contribution in [0, 0.1) is 0 Å². The van der Waals surface area contributed by atoms with Gasteiger partial charge in [-0.05, 0) is 37.9 Å². The van der Waals surface area contributed by atoms with E-state index in [4.69, 9.17) is 5.73 Å². The number of anilines is 1. The Morgan fingerprint density at radius 3 is 2.41 bits per heavy atom. The maximum atomic E-state index is 13.4. The number of benzene rings is 1. The largest absolute Gasteiger partial charge is 0.368 e. The van der Waals surface area contributed by atoms with E-state index in [1.54, 1.807) is 12.1 Å². The first kappa shape index (κ1) is 22.9. The van der Waals surface area contributed by atoms with E-state index in [9.17, 15) is 19.2 Å². The highest BCUT2D eigenvalue weighted by Crippen LogP contribution is 2.34. The van der Waals surface area contributed by atoms with Gasteiger partial charge in [0.15, 0.2) is 0 Å². The number of rotatable bonds is 5. The highest BCUT2D eigenvalue weighted by atomic mass is 16.2. The van der Waals surface area contributed by atoms with Crippen molar-refractivity contribution in [2.75, 3.05) is 57.3 Å². The van der Waals surface area contributed by atoms with Crippen LogP contribution in [-0.4, -0.2) is 103 Å². The molecule has 0 aromatic heterocycles. The number of carbonyl (C=O) groups is 4. The number of fused-ring (bicyclic) bond motifs is 1. The number of nitrogens with one attached hydrogen (secondary N) is 1. The van der Waals surface area contributed by atoms with Crippen molar-refractivity contribution in [1.82, 2.24) is 20.0 Å². The van der Waals surface area contributed by atoms with Gasteiger partial charge in [0.1, 0.15) is 6.04 Å². The number of piperazine rings is 1. The summed E-state index contributed by atoms with van der Waals surface area (Å²) in [6, 6.07) is 4.65. The number of likely N-dealkylation sites (tertiary alicyclic amines) is 1. The molecule has 0 radical (unpaired) electrons. The Morgan fingerprint density at radius 1 is 0.912 bits per heavy atom. The van der Waals surface area contributed by atoms with Gasteiger partial charge in [-0.25, -0.2) is 0 Å². The van der Waals surface area contributed by atoms with Gasteiger partial charge in [0.2, 0.25) is 11.8 Å². The summed E-state index contributed by atoms with van der Waals surface area (Å²) >= 11 is 0. The van der Waals surface area contributed by atoms with Crippen molar-refractivity contribution in [1.29, 1.82) is 0 Å². The van der Waals surface area contributed by atoms with Gasteiger partial charge in [0.05, 0.1) is 16.8 Å². The lowest BCUT2D eigenvalue weighted by atomic mass is 10.0. The Hall–Kier alpha value is -2.82. The van der Waals surface area contributed by atoms with Crippen LogP contribution in [0.4, 0.5) is 5.69 Å². The second-order valence-corrected chi connectivity index (χ2v) is 9.68. The summed E-state index contributed by atoms with van der Waals surface area (Å²) in [6.45, 7) is 7.37. The molecule has 0 aliphatic carbocycles. The van der Waals surface area contributed by atoms with Crippen LogP contribution in [0.25, 0.3) is 0 Å². The number of amides is 4. The molecule has 182 valence electrons. The lowest BCUT2D eigenvalue weighted by Gasteiger charge is -2.38. The van der Waals surface area contributed by atoms with Gasteiger partial charge in [-0.2, -0.15) is 0 Å². The molecule has 4 aliphatic heterocycles. The van der Waals surface area contributed by atoms with Crippen LogP contribution < -0.4 is 16.0 Å². The van der Waals surface area contributed by atoms with Crippen LogP contribution in [0.15, 0.2) is 18.2 Å². The van der Waals surface area contributed by atoms with Crippen molar-refractivity contribution in [3.63, 3.8) is 0 Å². The Balaban J connectivity index is 1.24. The van der Waals surface area contributed by atoms with E-state index in [0.717, 1.165) is 75.8 Å². The summed E-state index contributed by atoms with van der Waals surface area (Å²) in [7, 11) is 0. The molecule has 4 aliphatic rings. The number of imide groups is 2. The van der Waals surface area contributed by atoms with Gasteiger partial charge < -0.3 is 15.5 Å². The number of hydrogen-bond donors (Lipinski definition) is 2. The first-order valence-electron chi connectivity index (χ1n) is 12.2. The molecule has 0 bridgehead atoms. The van der Waals surface area contributed by atoms with Crippen LogP contribution in [0.3, 0.4) is 0 Å². The molecule has 2 atom stereocenters. The van der Waals surface area contributed by atoms with Crippen LogP contribution in [0.2, 0.25) is 0 Å². The minimum absolute atomic E-state index is 0.113. The van der Waals surface area contributed by atoms with Gasteiger partial charge in [0.25, 0.3) is 11.8 Å². The summed E-state index contributed by atoms with van der Waals surface area (Å²) in [5.74, 6) is -1.88. The second kappa shape index (κ2) is 9.44. The van der Waals surface area contributed by atoms with Crippen molar-refractivity contribution in [3.8, 4) is 0 Å². The third-order valence-electron chi connectivity index (χ3n) is 7.43. The maximum absolute atomic E-state index is 13.4. The van der Waals surface area contributed by atoms with Crippen LogP contribution in [0.5, 0.6) is 0 Å². The zero-order chi connectivity index (χ0) is 23.8. The number of nitrogens with two attached hydrogens (primary N) is 1. The predicted octanol–water partition coefficient (Wildman–Crippen LogP) is -0.367. The molecule has 1 aromatic rings. The Labute approximate surface area is 199 Å². The fourth-order valence-electron chi connectivity index (χ4n) is 5.55. The third-order valence-corrected chi connectivity index (χ3v) is 7.43. The molecule has 1 aromatic carbocycles. The van der Waals surface area contributed by atoms with Gasteiger partial charge >= 0.3 is 0 Å². The second-order valence-electron chi connectivity index (χ2n) is 9.68. The van der Waals surface area contributed by atoms with Gasteiger partial charge in [0, 0.05) is 58.3 Å². The first-order valence-corrected chi connectivity index (χ1v) is 12.2. The number of carbonyl (C=O) groups excluding carboxylic acids is 4. The lowest BCUT2D eigenvalue weighted by Crippen LogP contribution is -2.54. The molecule has 3 fully saturated rings. The summed E-state index contributed by atoms with van der Waals surface area (Å²) < 4.78 is 0. The standard InChI is InChI=1S/C24H32N6O4/c25-16-3-2-8-28(15-16)10-9-27-11-13-29(14-12-27)18-5-1-4-17-21(18)24(34)30(23(17)33)19-6-7-20(31)26-22(19)32/h1,4-5,16,19H,2-3,6-15,25H2,(H,26,31,32). The zero-order valence-corrected chi connectivity index (χ0v) is 19.4. The quantitative estimate of drug-likeness (QED) is 0.562. The average Bonchev–Trinajstić information content (AvgIpc) is 3.08. The van der Waals surface area contributed by atoms with Crippen LogP contribution >= 0.6 is 0 Å². The minimum atomic E-state index is -0.947. The summed E-state index contributed by atoms with van der Waals surface area (Å²) in [5.41, 5.74) is 7.54. The zero-order valence-electron chi connectivity index (χ0n) is 19.4. The summed E-state index contributed by atoms with van der Waals surface area (Å²) in [4.78, 5) is 58.4. The monoisotopic (exact) mass is 468 g/mol.